The lowest BCUT2D eigenvalue weighted by molar-refractivity contribution is -0.114. The largest absolute Gasteiger partial charge is 0.397 e. The average Bonchev–Trinajstić information content (AvgIpc) is 4.14. The fraction of sp³-hybridized carbons (Fsp3) is 0.558. The van der Waals surface area contributed by atoms with Gasteiger partial charge in [0.2, 0.25) is 17.8 Å². The Bertz CT molecular complexity index is 1930. The molecule has 0 spiro atoms. The van der Waals surface area contributed by atoms with Gasteiger partial charge in [-0.05, 0) is 137 Å². The summed E-state index contributed by atoms with van der Waals surface area (Å²) in [4.78, 5) is 42.1. The maximum Gasteiger partial charge on any atom is 0.225 e. The molecule has 4 aromatic heterocycles. The molecule has 12 nitrogen and oxygen atoms in total. The molecule has 4 aromatic rings. The number of aromatic nitrogens is 6. The van der Waals surface area contributed by atoms with Gasteiger partial charge in [-0.1, -0.05) is 23.2 Å². The highest BCUT2D eigenvalue weighted by molar-refractivity contribution is 6.30. The van der Waals surface area contributed by atoms with Crippen molar-refractivity contribution in [2.45, 2.75) is 85.0 Å². The summed E-state index contributed by atoms with van der Waals surface area (Å²) >= 11 is 11.8. The van der Waals surface area contributed by atoms with Gasteiger partial charge in [0.25, 0.3) is 0 Å². The van der Waals surface area contributed by atoms with Gasteiger partial charge in [0.1, 0.15) is 5.82 Å². The molecule has 1 amide bonds. The predicted molar refractivity (Wildman–Crippen MR) is 230 cm³/mol. The summed E-state index contributed by atoms with van der Waals surface area (Å²) in [6.07, 6.45) is 22.7. The van der Waals surface area contributed by atoms with Crippen LogP contribution in [-0.4, -0.2) is 68.5 Å². The van der Waals surface area contributed by atoms with Gasteiger partial charge in [-0.15, -0.1) is 0 Å². The van der Waals surface area contributed by atoms with E-state index in [0.717, 1.165) is 109 Å². The van der Waals surface area contributed by atoms with Crippen LogP contribution < -0.4 is 26.2 Å². The van der Waals surface area contributed by atoms with Crippen molar-refractivity contribution in [1.82, 2.24) is 29.9 Å². The summed E-state index contributed by atoms with van der Waals surface area (Å²) in [6, 6.07) is 3.98. The highest BCUT2D eigenvalue weighted by atomic mass is 35.5. The van der Waals surface area contributed by atoms with Crippen LogP contribution in [0.4, 0.5) is 29.1 Å². The van der Waals surface area contributed by atoms with Crippen LogP contribution in [0, 0.1) is 49.4 Å². The van der Waals surface area contributed by atoms with Gasteiger partial charge in [-0.25, -0.2) is 24.9 Å². The van der Waals surface area contributed by atoms with Crippen LogP contribution in [0.1, 0.15) is 81.5 Å². The van der Waals surface area contributed by atoms with E-state index in [4.69, 9.17) is 28.9 Å². The molecule has 57 heavy (non-hydrogen) atoms. The Morgan fingerprint density at radius 1 is 0.737 bits per heavy atom. The van der Waals surface area contributed by atoms with E-state index in [-0.39, 0.29) is 5.91 Å². The fourth-order valence-corrected chi connectivity index (χ4v) is 9.37. The standard InChI is InChI=1S/C22H29ClN6O.C21H28ClN5/c1-14-9-19(28-15(2)30)13-25-21(14)24-6-3-17-10-20(17)16-4-7-29(8-5-16)22-26-11-18(23)12-27-22;1-14-9-18(23)13-24-20(14)4-2-3-16-10-19(16)15-5-7-27(8-6-15)21-25-11-17(22)12-26-21/h9,11-13,16-17,20H,3-8,10H2,1-2H3,(H,24,25)(H,28,30);9,11-13,15-16,19H,2-8,10,23H2,1H3/t17-,20-;16-,19-/m11/s1. The van der Waals surface area contributed by atoms with Gasteiger partial charge in [-0.3, -0.25) is 9.78 Å². The van der Waals surface area contributed by atoms with Crippen LogP contribution in [0.3, 0.4) is 0 Å². The van der Waals surface area contributed by atoms with Crippen molar-refractivity contribution in [1.29, 1.82) is 0 Å². The second-order valence-corrected chi connectivity index (χ2v) is 17.5. The topological polar surface area (TPSA) is 151 Å². The minimum Gasteiger partial charge on any atom is -0.397 e. The molecule has 4 N–H and O–H groups in total. The molecular weight excluding hydrogens is 757 g/mol. The Morgan fingerprint density at radius 2 is 1.28 bits per heavy atom. The Labute approximate surface area is 347 Å². The molecule has 4 fully saturated rings. The molecule has 2 aliphatic heterocycles. The van der Waals surface area contributed by atoms with Crippen LogP contribution in [0.25, 0.3) is 0 Å². The van der Waals surface area contributed by atoms with Crippen LogP contribution in [-0.2, 0) is 11.2 Å². The van der Waals surface area contributed by atoms with Crippen molar-refractivity contribution >= 4 is 58.2 Å². The molecule has 0 bridgehead atoms. The molecule has 14 heteroatoms. The summed E-state index contributed by atoms with van der Waals surface area (Å²) in [5.74, 6) is 7.64. The number of pyridine rings is 2. The molecule has 6 heterocycles. The molecule has 2 saturated heterocycles. The third kappa shape index (κ3) is 11.4. The third-order valence-corrected chi connectivity index (χ3v) is 12.8. The minimum atomic E-state index is -0.0804. The van der Waals surface area contributed by atoms with E-state index in [1.807, 2.05) is 19.1 Å². The van der Waals surface area contributed by atoms with Gasteiger partial charge < -0.3 is 26.2 Å². The maximum absolute atomic E-state index is 11.2. The zero-order valence-electron chi connectivity index (χ0n) is 33.5. The Balaban J connectivity index is 0.000000175. The zero-order chi connectivity index (χ0) is 39.9. The van der Waals surface area contributed by atoms with Gasteiger partial charge in [0.15, 0.2) is 0 Å². The van der Waals surface area contributed by atoms with E-state index in [2.05, 4.69) is 57.3 Å². The first-order chi connectivity index (χ1) is 27.6. The summed E-state index contributed by atoms with van der Waals surface area (Å²) in [7, 11) is 0. The van der Waals surface area contributed by atoms with Gasteiger partial charge >= 0.3 is 0 Å². The number of amides is 1. The summed E-state index contributed by atoms with van der Waals surface area (Å²) in [5.41, 5.74) is 10.8. The number of halogens is 2. The second kappa shape index (κ2) is 19.0. The van der Waals surface area contributed by atoms with E-state index < -0.39 is 0 Å². The van der Waals surface area contributed by atoms with Crippen LogP contribution in [0.5, 0.6) is 0 Å². The lowest BCUT2D eigenvalue weighted by Crippen LogP contribution is -2.35. The smallest absolute Gasteiger partial charge is 0.225 e. The SMILES string of the molecule is CC(=O)Nc1cnc(NCC[C@@H]2C[C@@H]2C2CCN(c3ncc(Cl)cn3)CC2)c(C)c1.Cc1cc(N)cnc1CCC[C@@H]1C[C@@H]1C1CCN(c2ncc(Cl)cn2)CC1. The molecule has 4 aliphatic rings. The molecule has 4 atom stereocenters. The normalized spacial score (nSPS) is 22.1. The van der Waals surface area contributed by atoms with Gasteiger partial charge in [0, 0.05) is 45.3 Å². The number of piperidine rings is 2. The summed E-state index contributed by atoms with van der Waals surface area (Å²) < 4.78 is 0. The number of aryl methyl sites for hydroxylation is 3. The minimum absolute atomic E-state index is 0.0804. The van der Waals surface area contributed by atoms with Crippen molar-refractivity contribution in [3.63, 3.8) is 0 Å². The number of nitrogens with zero attached hydrogens (tertiary/aromatic N) is 8. The average molecular weight is 815 g/mol. The number of nitrogens with one attached hydrogen (secondary N) is 2. The van der Waals surface area contributed by atoms with Crippen LogP contribution in [0.15, 0.2) is 49.3 Å². The lowest BCUT2D eigenvalue weighted by atomic mass is 9.90. The predicted octanol–water partition coefficient (Wildman–Crippen LogP) is 8.44. The third-order valence-electron chi connectivity index (χ3n) is 12.4. The number of nitrogen functional groups attached to an aromatic ring is 1. The van der Waals surface area contributed by atoms with Crippen LogP contribution in [0.2, 0.25) is 10.0 Å². The Hall–Kier alpha value is -4.29. The molecule has 0 aromatic carbocycles. The molecular formula is C43H57Cl2N11O. The maximum atomic E-state index is 11.2. The van der Waals surface area contributed by atoms with Gasteiger partial charge in [0.05, 0.1) is 58.6 Å². The Kier molecular flexibility index (Phi) is 13.6. The van der Waals surface area contributed by atoms with E-state index in [1.54, 1.807) is 37.2 Å². The van der Waals surface area contributed by atoms with E-state index >= 15 is 0 Å². The second-order valence-electron chi connectivity index (χ2n) is 16.6. The molecule has 0 radical (unpaired) electrons. The first-order valence-corrected chi connectivity index (χ1v) is 21.5. The molecule has 8 rings (SSSR count). The van der Waals surface area contributed by atoms with Gasteiger partial charge in [-0.2, -0.15) is 0 Å². The number of anilines is 5. The number of rotatable bonds is 13. The number of carbonyl (C=O) groups is 1. The van der Waals surface area contributed by atoms with E-state index in [0.29, 0.717) is 10.0 Å². The van der Waals surface area contributed by atoms with Crippen molar-refractivity contribution < 1.29 is 4.79 Å². The quantitative estimate of drug-likeness (QED) is 0.119. The van der Waals surface area contributed by atoms with Crippen molar-refractivity contribution in [2.24, 2.45) is 35.5 Å². The van der Waals surface area contributed by atoms with Crippen molar-refractivity contribution in [3.05, 3.63) is 76.2 Å². The molecule has 2 saturated carbocycles. The fourth-order valence-electron chi connectivity index (χ4n) is 9.18. The lowest BCUT2D eigenvalue weighted by Gasteiger charge is -2.32. The number of hydrogen-bond acceptors (Lipinski definition) is 11. The highest BCUT2D eigenvalue weighted by Crippen LogP contribution is 2.51. The summed E-state index contributed by atoms with van der Waals surface area (Å²) in [6.45, 7) is 10.7. The molecule has 2 aliphatic carbocycles. The Morgan fingerprint density at radius 3 is 1.79 bits per heavy atom. The number of carbonyl (C=O) groups excluding carboxylic acids is 1. The molecule has 304 valence electrons. The van der Waals surface area contributed by atoms with Crippen molar-refractivity contribution in [2.75, 3.05) is 58.9 Å². The first kappa shape index (κ1) is 40.9. The number of nitrogens with two attached hydrogens (primary N) is 1. The highest BCUT2D eigenvalue weighted by Gasteiger charge is 2.44. The van der Waals surface area contributed by atoms with Crippen LogP contribution >= 0.6 is 23.2 Å². The first-order valence-electron chi connectivity index (χ1n) is 20.7. The monoisotopic (exact) mass is 813 g/mol. The number of hydrogen-bond donors (Lipinski definition) is 3. The zero-order valence-corrected chi connectivity index (χ0v) is 35.0. The molecule has 0 unspecified atom stereocenters. The van der Waals surface area contributed by atoms with Crippen molar-refractivity contribution in [3.8, 4) is 0 Å². The van der Waals surface area contributed by atoms with E-state index in [1.165, 1.54) is 76.0 Å². The summed E-state index contributed by atoms with van der Waals surface area (Å²) in [5, 5.41) is 7.41. The van der Waals surface area contributed by atoms with E-state index in [9.17, 15) is 4.79 Å².